The van der Waals surface area contributed by atoms with Crippen molar-refractivity contribution >= 4 is 38.9 Å². The average Bonchev–Trinajstić information content (AvgIpc) is 2.79. The van der Waals surface area contributed by atoms with E-state index in [2.05, 4.69) is 10.6 Å². The molecular formula is C23H23N3O5S. The van der Waals surface area contributed by atoms with Crippen LogP contribution in [0.4, 0.5) is 17.1 Å². The molecule has 0 radical (unpaired) electrons. The fourth-order valence-electron chi connectivity index (χ4n) is 2.91. The molecule has 0 aliphatic heterocycles. The summed E-state index contributed by atoms with van der Waals surface area (Å²) in [6, 6.07) is 19.1. The van der Waals surface area contributed by atoms with E-state index in [1.54, 1.807) is 60.7 Å². The number of hydrogen-bond donors (Lipinski definition) is 2. The lowest BCUT2D eigenvalue weighted by atomic mass is 10.2. The van der Waals surface area contributed by atoms with Gasteiger partial charge >= 0.3 is 0 Å². The van der Waals surface area contributed by atoms with Crippen LogP contribution in [0.25, 0.3) is 0 Å². The molecule has 166 valence electrons. The van der Waals surface area contributed by atoms with Gasteiger partial charge in [-0.15, -0.1) is 0 Å². The maximum Gasteiger partial charge on any atom is 0.264 e. The number of methoxy groups -OCH3 is 1. The summed E-state index contributed by atoms with van der Waals surface area (Å²) in [5, 5.41) is 5.41. The minimum Gasteiger partial charge on any atom is -0.497 e. The Morgan fingerprint density at radius 3 is 1.84 bits per heavy atom. The van der Waals surface area contributed by atoms with Gasteiger partial charge in [-0.05, 0) is 72.8 Å². The molecule has 0 saturated carbocycles. The number of rotatable bonds is 7. The highest BCUT2D eigenvalue weighted by Gasteiger charge is 2.21. The highest BCUT2D eigenvalue weighted by Crippen LogP contribution is 2.24. The lowest BCUT2D eigenvalue weighted by Gasteiger charge is -2.20. The molecule has 3 rings (SSSR count). The Kier molecular flexibility index (Phi) is 6.79. The van der Waals surface area contributed by atoms with E-state index in [0.29, 0.717) is 28.4 Å². The molecule has 0 aromatic heterocycles. The van der Waals surface area contributed by atoms with E-state index >= 15 is 0 Å². The Hall–Kier alpha value is -3.85. The molecule has 0 atom stereocenters. The van der Waals surface area contributed by atoms with Gasteiger partial charge in [-0.1, -0.05) is 0 Å². The molecule has 0 bridgehead atoms. The molecule has 3 aromatic carbocycles. The van der Waals surface area contributed by atoms with Crippen LogP contribution in [0, 0.1) is 0 Å². The van der Waals surface area contributed by atoms with Crippen LogP contribution in [0.5, 0.6) is 5.75 Å². The topological polar surface area (TPSA) is 105 Å². The van der Waals surface area contributed by atoms with E-state index in [-0.39, 0.29) is 16.7 Å². The van der Waals surface area contributed by atoms with Crippen LogP contribution in [-0.2, 0) is 14.8 Å². The van der Waals surface area contributed by atoms with Crippen molar-refractivity contribution in [1.82, 2.24) is 0 Å². The van der Waals surface area contributed by atoms with Gasteiger partial charge in [0, 0.05) is 30.9 Å². The molecule has 0 saturated heterocycles. The van der Waals surface area contributed by atoms with Crippen molar-refractivity contribution in [3.63, 3.8) is 0 Å². The molecule has 0 heterocycles. The lowest BCUT2D eigenvalue weighted by molar-refractivity contribution is -0.114. The van der Waals surface area contributed by atoms with Crippen LogP contribution in [0.2, 0.25) is 0 Å². The maximum atomic E-state index is 12.9. The first-order chi connectivity index (χ1) is 15.2. The second-order valence-electron chi connectivity index (χ2n) is 6.91. The zero-order valence-electron chi connectivity index (χ0n) is 17.8. The van der Waals surface area contributed by atoms with E-state index in [4.69, 9.17) is 4.74 Å². The number of benzene rings is 3. The minimum atomic E-state index is -3.76. The second kappa shape index (κ2) is 9.52. The standard InChI is InChI=1S/C23H23N3O5S/c1-16(27)24-18-6-8-19(9-7-18)25-23(28)17-4-10-20(11-5-17)26(2)32(29,30)22-14-12-21(31-3)13-15-22/h4-15H,1-3H3,(H,24,27)(H,25,28). The predicted octanol–water partition coefficient (Wildman–Crippen LogP) is 3.73. The molecule has 0 aliphatic carbocycles. The van der Waals surface area contributed by atoms with E-state index in [1.165, 1.54) is 33.2 Å². The molecule has 2 amide bonds. The van der Waals surface area contributed by atoms with Crippen LogP contribution >= 0.6 is 0 Å². The Morgan fingerprint density at radius 1 is 0.812 bits per heavy atom. The number of amides is 2. The third kappa shape index (κ3) is 5.25. The smallest absolute Gasteiger partial charge is 0.264 e. The Bertz CT molecular complexity index is 1210. The van der Waals surface area contributed by atoms with Crippen molar-refractivity contribution in [3.05, 3.63) is 78.4 Å². The van der Waals surface area contributed by atoms with Gasteiger partial charge in [0.1, 0.15) is 5.75 Å². The predicted molar refractivity (Wildman–Crippen MR) is 124 cm³/mol. The van der Waals surface area contributed by atoms with Gasteiger partial charge in [0.05, 0.1) is 17.7 Å². The van der Waals surface area contributed by atoms with E-state index in [0.717, 1.165) is 4.31 Å². The number of carbonyl (C=O) groups excluding carboxylic acids is 2. The van der Waals surface area contributed by atoms with Crippen molar-refractivity contribution in [3.8, 4) is 5.75 Å². The van der Waals surface area contributed by atoms with Crippen molar-refractivity contribution in [2.75, 3.05) is 29.1 Å². The van der Waals surface area contributed by atoms with Gasteiger partial charge in [0.15, 0.2) is 0 Å². The van der Waals surface area contributed by atoms with Gasteiger partial charge in [0.25, 0.3) is 15.9 Å². The molecule has 0 spiro atoms. The number of ether oxygens (including phenoxy) is 1. The van der Waals surface area contributed by atoms with E-state index < -0.39 is 10.0 Å². The van der Waals surface area contributed by atoms with Crippen molar-refractivity contribution in [1.29, 1.82) is 0 Å². The maximum absolute atomic E-state index is 12.9. The van der Waals surface area contributed by atoms with Crippen LogP contribution in [0.3, 0.4) is 0 Å². The summed E-state index contributed by atoms with van der Waals surface area (Å²) in [7, 11) is -0.806. The average molecular weight is 454 g/mol. The Balaban J connectivity index is 1.70. The van der Waals surface area contributed by atoms with Crippen molar-refractivity contribution in [2.45, 2.75) is 11.8 Å². The van der Waals surface area contributed by atoms with Crippen LogP contribution < -0.4 is 19.7 Å². The normalized spacial score (nSPS) is 10.8. The van der Waals surface area contributed by atoms with Gasteiger partial charge in [-0.25, -0.2) is 8.42 Å². The number of carbonyl (C=O) groups is 2. The molecular weight excluding hydrogens is 430 g/mol. The summed E-state index contributed by atoms with van der Waals surface area (Å²) in [6.07, 6.45) is 0. The summed E-state index contributed by atoms with van der Waals surface area (Å²) in [5.74, 6) is 0.0389. The van der Waals surface area contributed by atoms with Crippen LogP contribution in [0.1, 0.15) is 17.3 Å². The Morgan fingerprint density at radius 2 is 1.34 bits per heavy atom. The number of nitrogens with zero attached hydrogens (tertiary/aromatic N) is 1. The number of nitrogens with one attached hydrogen (secondary N) is 2. The van der Waals surface area contributed by atoms with Crippen molar-refractivity contribution in [2.24, 2.45) is 0 Å². The first-order valence-corrected chi connectivity index (χ1v) is 11.1. The summed E-state index contributed by atoms with van der Waals surface area (Å²) < 4.78 is 31.9. The lowest BCUT2D eigenvalue weighted by Crippen LogP contribution is -2.26. The molecule has 32 heavy (non-hydrogen) atoms. The summed E-state index contributed by atoms with van der Waals surface area (Å²) in [5.41, 5.74) is 1.97. The van der Waals surface area contributed by atoms with Crippen LogP contribution in [0.15, 0.2) is 77.7 Å². The largest absolute Gasteiger partial charge is 0.497 e. The first-order valence-electron chi connectivity index (χ1n) is 9.63. The van der Waals surface area contributed by atoms with Gasteiger partial charge in [-0.2, -0.15) is 0 Å². The third-order valence-electron chi connectivity index (χ3n) is 4.67. The zero-order chi connectivity index (χ0) is 23.3. The Labute approximate surface area is 186 Å². The molecule has 3 aromatic rings. The SMILES string of the molecule is COc1ccc(S(=O)(=O)N(C)c2ccc(C(=O)Nc3ccc(NC(C)=O)cc3)cc2)cc1. The molecule has 0 aliphatic rings. The minimum absolute atomic E-state index is 0.130. The van der Waals surface area contributed by atoms with E-state index in [9.17, 15) is 18.0 Å². The number of hydrogen-bond acceptors (Lipinski definition) is 5. The molecule has 8 nitrogen and oxygen atoms in total. The van der Waals surface area contributed by atoms with Gasteiger partial charge in [0.2, 0.25) is 5.91 Å². The fraction of sp³-hybridized carbons (Fsp3) is 0.130. The van der Waals surface area contributed by atoms with Crippen LogP contribution in [-0.4, -0.2) is 34.4 Å². The first kappa shape index (κ1) is 22.8. The van der Waals surface area contributed by atoms with Crippen molar-refractivity contribution < 1.29 is 22.7 Å². The summed E-state index contributed by atoms with van der Waals surface area (Å²) in [6.45, 7) is 1.42. The summed E-state index contributed by atoms with van der Waals surface area (Å²) >= 11 is 0. The summed E-state index contributed by atoms with van der Waals surface area (Å²) in [4.78, 5) is 23.7. The quantitative estimate of drug-likeness (QED) is 0.567. The number of anilines is 3. The molecule has 0 fully saturated rings. The number of sulfonamides is 1. The fourth-order valence-corrected chi connectivity index (χ4v) is 4.11. The molecule has 0 unspecified atom stereocenters. The highest BCUT2D eigenvalue weighted by molar-refractivity contribution is 7.92. The van der Waals surface area contributed by atoms with Gasteiger partial charge < -0.3 is 15.4 Å². The highest BCUT2D eigenvalue weighted by atomic mass is 32.2. The monoisotopic (exact) mass is 453 g/mol. The second-order valence-corrected chi connectivity index (χ2v) is 8.88. The zero-order valence-corrected chi connectivity index (χ0v) is 18.6. The molecule has 2 N–H and O–H groups in total. The molecule has 9 heteroatoms. The van der Waals surface area contributed by atoms with E-state index in [1.807, 2.05) is 0 Å². The van der Waals surface area contributed by atoms with Gasteiger partial charge in [-0.3, -0.25) is 13.9 Å². The third-order valence-corrected chi connectivity index (χ3v) is 6.47.